The number of rotatable bonds is 5. The van der Waals surface area contributed by atoms with E-state index >= 15 is 0 Å². The second-order valence-electron chi connectivity index (χ2n) is 7.03. The van der Waals surface area contributed by atoms with Crippen molar-refractivity contribution in [3.8, 4) is 0 Å². The predicted molar refractivity (Wildman–Crippen MR) is 95.3 cm³/mol. The third-order valence-corrected chi connectivity index (χ3v) is 4.79. The second-order valence-corrected chi connectivity index (χ2v) is 7.03. The Morgan fingerprint density at radius 2 is 2.25 bits per heavy atom. The van der Waals surface area contributed by atoms with Gasteiger partial charge in [-0.25, -0.2) is 4.98 Å². The molecule has 0 aliphatic carbocycles. The van der Waals surface area contributed by atoms with E-state index in [0.29, 0.717) is 29.6 Å². The van der Waals surface area contributed by atoms with Gasteiger partial charge in [0, 0.05) is 30.6 Å². The number of hydrogen-bond acceptors (Lipinski definition) is 4. The van der Waals surface area contributed by atoms with Gasteiger partial charge < -0.3 is 9.73 Å². The molecule has 0 spiro atoms. The van der Waals surface area contributed by atoms with Crippen LogP contribution in [0.15, 0.2) is 22.6 Å². The van der Waals surface area contributed by atoms with Gasteiger partial charge in [0.25, 0.3) is 5.91 Å². The van der Waals surface area contributed by atoms with Crippen molar-refractivity contribution in [2.45, 2.75) is 52.0 Å². The molecule has 130 valence electrons. The molecular formula is C19H27N3O2. The number of likely N-dealkylation sites (tertiary alicyclic amines) is 1. The summed E-state index contributed by atoms with van der Waals surface area (Å²) in [5.41, 5.74) is 2.11. The maximum atomic E-state index is 12.4. The molecule has 5 nitrogen and oxygen atoms in total. The van der Waals surface area contributed by atoms with Crippen LogP contribution in [0.1, 0.15) is 62.2 Å². The Morgan fingerprint density at radius 3 is 3.00 bits per heavy atom. The lowest BCUT2D eigenvalue weighted by molar-refractivity contribution is 0.0938. The number of aromatic nitrogens is 1. The lowest BCUT2D eigenvalue weighted by atomic mass is 10.0. The number of amides is 1. The molecular weight excluding hydrogens is 302 g/mol. The second kappa shape index (κ2) is 7.34. The molecule has 0 saturated carbocycles. The largest absolute Gasteiger partial charge is 0.440 e. The van der Waals surface area contributed by atoms with Crippen molar-refractivity contribution in [3.05, 3.63) is 29.7 Å². The molecule has 1 aliphatic rings. The zero-order chi connectivity index (χ0) is 17.1. The smallest absolute Gasteiger partial charge is 0.251 e. The number of oxazole rings is 1. The molecule has 0 radical (unpaired) electrons. The standard InChI is InChI=1S/C19H27N3O2/c1-13(2)19-21-16-8-7-15(12-17(16)24-19)18(23)20-9-11-22-10-5-4-6-14(22)3/h7-8,12-14H,4-6,9-11H2,1-3H3,(H,20,23)/t14-/m0/s1. The number of fused-ring (bicyclic) bond motifs is 1. The van der Waals surface area contributed by atoms with Gasteiger partial charge in [-0.15, -0.1) is 0 Å². The van der Waals surface area contributed by atoms with E-state index in [0.717, 1.165) is 18.6 Å². The lowest BCUT2D eigenvalue weighted by Gasteiger charge is -2.33. The van der Waals surface area contributed by atoms with Gasteiger partial charge in [0.05, 0.1) is 0 Å². The third kappa shape index (κ3) is 3.78. The summed E-state index contributed by atoms with van der Waals surface area (Å²) in [6.45, 7) is 9.08. The molecule has 1 saturated heterocycles. The molecule has 1 aromatic heterocycles. The SMILES string of the molecule is CC(C)c1nc2ccc(C(=O)NCCN3CCCC[C@@H]3C)cc2o1. The molecule has 3 rings (SSSR count). The van der Waals surface area contributed by atoms with Crippen LogP contribution in [-0.4, -0.2) is 41.5 Å². The van der Waals surface area contributed by atoms with E-state index in [-0.39, 0.29) is 11.8 Å². The van der Waals surface area contributed by atoms with Crippen molar-refractivity contribution in [3.63, 3.8) is 0 Å². The van der Waals surface area contributed by atoms with Crippen LogP contribution in [0.2, 0.25) is 0 Å². The highest BCUT2D eigenvalue weighted by Crippen LogP contribution is 2.22. The number of carbonyl (C=O) groups excluding carboxylic acids is 1. The maximum Gasteiger partial charge on any atom is 0.251 e. The zero-order valence-electron chi connectivity index (χ0n) is 14.8. The van der Waals surface area contributed by atoms with Crippen molar-refractivity contribution in [2.75, 3.05) is 19.6 Å². The summed E-state index contributed by atoms with van der Waals surface area (Å²) < 4.78 is 5.73. The Balaban J connectivity index is 1.59. The van der Waals surface area contributed by atoms with Gasteiger partial charge >= 0.3 is 0 Å². The van der Waals surface area contributed by atoms with Crippen LogP contribution < -0.4 is 5.32 Å². The Kier molecular flexibility index (Phi) is 5.19. The average Bonchev–Trinajstić information content (AvgIpc) is 3.00. The Morgan fingerprint density at radius 1 is 1.42 bits per heavy atom. The first-order valence-electron chi connectivity index (χ1n) is 8.97. The van der Waals surface area contributed by atoms with E-state index in [1.807, 2.05) is 26.0 Å². The number of nitrogens with zero attached hydrogens (tertiary/aromatic N) is 2. The van der Waals surface area contributed by atoms with Crippen molar-refractivity contribution < 1.29 is 9.21 Å². The van der Waals surface area contributed by atoms with Crippen LogP contribution in [0.25, 0.3) is 11.1 Å². The number of piperidine rings is 1. The van der Waals surface area contributed by atoms with E-state index in [1.54, 1.807) is 6.07 Å². The van der Waals surface area contributed by atoms with Gasteiger partial charge in [-0.05, 0) is 44.5 Å². The van der Waals surface area contributed by atoms with E-state index in [4.69, 9.17) is 4.42 Å². The molecule has 1 N–H and O–H groups in total. The summed E-state index contributed by atoms with van der Waals surface area (Å²) >= 11 is 0. The molecule has 1 aromatic carbocycles. The number of hydrogen-bond donors (Lipinski definition) is 1. The lowest BCUT2D eigenvalue weighted by Crippen LogP contribution is -2.42. The van der Waals surface area contributed by atoms with Gasteiger partial charge in [-0.1, -0.05) is 20.3 Å². The molecule has 2 aromatic rings. The monoisotopic (exact) mass is 329 g/mol. The molecule has 1 atom stereocenters. The first kappa shape index (κ1) is 17.0. The van der Waals surface area contributed by atoms with Crippen LogP contribution in [0.4, 0.5) is 0 Å². The van der Waals surface area contributed by atoms with Crippen LogP contribution in [0.5, 0.6) is 0 Å². The summed E-state index contributed by atoms with van der Waals surface area (Å²) in [4.78, 5) is 19.3. The highest BCUT2D eigenvalue weighted by molar-refractivity contribution is 5.97. The van der Waals surface area contributed by atoms with E-state index < -0.39 is 0 Å². The highest BCUT2D eigenvalue weighted by Gasteiger charge is 2.18. The van der Waals surface area contributed by atoms with Gasteiger partial charge in [0.2, 0.25) is 0 Å². The minimum absolute atomic E-state index is 0.0518. The molecule has 2 heterocycles. The molecule has 1 aliphatic heterocycles. The Bertz CT molecular complexity index is 708. The minimum Gasteiger partial charge on any atom is -0.440 e. The maximum absolute atomic E-state index is 12.4. The fourth-order valence-electron chi connectivity index (χ4n) is 3.24. The molecule has 1 fully saturated rings. The van der Waals surface area contributed by atoms with E-state index in [1.165, 1.54) is 19.3 Å². The molecule has 0 unspecified atom stereocenters. The minimum atomic E-state index is -0.0518. The van der Waals surface area contributed by atoms with Crippen LogP contribution >= 0.6 is 0 Å². The van der Waals surface area contributed by atoms with Crippen LogP contribution in [0.3, 0.4) is 0 Å². The van der Waals surface area contributed by atoms with Gasteiger partial charge in [-0.2, -0.15) is 0 Å². The zero-order valence-corrected chi connectivity index (χ0v) is 14.8. The first-order chi connectivity index (χ1) is 11.5. The van der Waals surface area contributed by atoms with Gasteiger partial charge in [0.1, 0.15) is 5.52 Å². The van der Waals surface area contributed by atoms with Crippen molar-refractivity contribution in [2.24, 2.45) is 0 Å². The number of benzene rings is 1. The summed E-state index contributed by atoms with van der Waals surface area (Å²) in [7, 11) is 0. The molecule has 24 heavy (non-hydrogen) atoms. The van der Waals surface area contributed by atoms with Crippen molar-refractivity contribution >= 4 is 17.0 Å². The van der Waals surface area contributed by atoms with Crippen LogP contribution in [0, 0.1) is 0 Å². The average molecular weight is 329 g/mol. The van der Waals surface area contributed by atoms with Gasteiger partial charge in [-0.3, -0.25) is 9.69 Å². The van der Waals surface area contributed by atoms with E-state index in [2.05, 4.69) is 22.1 Å². The summed E-state index contributed by atoms with van der Waals surface area (Å²) in [6, 6.07) is 6.07. The third-order valence-electron chi connectivity index (χ3n) is 4.79. The fraction of sp³-hybridized carbons (Fsp3) is 0.579. The van der Waals surface area contributed by atoms with Crippen molar-refractivity contribution in [1.29, 1.82) is 0 Å². The van der Waals surface area contributed by atoms with Crippen molar-refractivity contribution in [1.82, 2.24) is 15.2 Å². The number of carbonyl (C=O) groups is 1. The molecule has 5 heteroatoms. The quantitative estimate of drug-likeness (QED) is 0.911. The normalized spacial score (nSPS) is 19.1. The summed E-state index contributed by atoms with van der Waals surface area (Å²) in [6.07, 6.45) is 3.84. The number of nitrogens with one attached hydrogen (secondary N) is 1. The fourth-order valence-corrected chi connectivity index (χ4v) is 3.24. The topological polar surface area (TPSA) is 58.4 Å². The molecule has 0 bridgehead atoms. The Labute approximate surface area is 143 Å². The summed E-state index contributed by atoms with van der Waals surface area (Å²) in [5, 5.41) is 3.02. The summed E-state index contributed by atoms with van der Waals surface area (Å²) in [5.74, 6) is 0.895. The predicted octanol–water partition coefficient (Wildman–Crippen LogP) is 3.56. The van der Waals surface area contributed by atoms with Crippen LogP contribution in [-0.2, 0) is 0 Å². The van der Waals surface area contributed by atoms with E-state index in [9.17, 15) is 4.79 Å². The molecule has 1 amide bonds. The Hall–Kier alpha value is -1.88. The first-order valence-corrected chi connectivity index (χ1v) is 8.97. The highest BCUT2D eigenvalue weighted by atomic mass is 16.3. The van der Waals surface area contributed by atoms with Gasteiger partial charge in [0.15, 0.2) is 11.5 Å².